The summed E-state index contributed by atoms with van der Waals surface area (Å²) < 4.78 is 52.1. The Morgan fingerprint density at radius 2 is 2.08 bits per heavy atom. The summed E-state index contributed by atoms with van der Waals surface area (Å²) in [6.45, 7) is 1.67. The van der Waals surface area contributed by atoms with Gasteiger partial charge in [0.1, 0.15) is 0 Å². The van der Waals surface area contributed by atoms with E-state index in [9.17, 15) is 18.0 Å². The molecule has 1 aliphatic heterocycles. The lowest BCUT2D eigenvalue weighted by Gasteiger charge is -2.26. The molecule has 0 spiro atoms. The SMILES string of the molecule is O=C(COc1cc(-c2noc(C(F)(F)F)n2)ccn1)N1CCOCC1. The molecule has 0 N–H and O–H groups in total. The first-order valence-electron chi connectivity index (χ1n) is 7.29. The summed E-state index contributed by atoms with van der Waals surface area (Å²) in [6, 6.07) is 2.74. The zero-order valence-electron chi connectivity index (χ0n) is 12.8. The molecule has 3 rings (SSSR count). The van der Waals surface area contributed by atoms with Crippen molar-refractivity contribution < 1.29 is 32.0 Å². The monoisotopic (exact) mass is 358 g/mol. The van der Waals surface area contributed by atoms with Crippen molar-refractivity contribution >= 4 is 5.91 Å². The summed E-state index contributed by atoms with van der Waals surface area (Å²) in [7, 11) is 0. The van der Waals surface area contributed by atoms with E-state index in [2.05, 4.69) is 19.6 Å². The molecular weight excluding hydrogens is 345 g/mol. The fraction of sp³-hybridized carbons (Fsp3) is 0.429. The minimum atomic E-state index is -4.72. The first-order valence-corrected chi connectivity index (χ1v) is 7.29. The normalized spacial score (nSPS) is 15.2. The van der Waals surface area contributed by atoms with Crippen molar-refractivity contribution in [1.29, 1.82) is 0 Å². The second-order valence-electron chi connectivity index (χ2n) is 5.09. The predicted molar refractivity (Wildman–Crippen MR) is 75.4 cm³/mol. The van der Waals surface area contributed by atoms with Crippen molar-refractivity contribution in [2.75, 3.05) is 32.9 Å². The Hall–Kier alpha value is -2.69. The average molecular weight is 358 g/mol. The number of halogens is 3. The van der Waals surface area contributed by atoms with Crippen LogP contribution in [-0.4, -0.2) is 58.8 Å². The second kappa shape index (κ2) is 7.05. The van der Waals surface area contributed by atoms with E-state index in [1.165, 1.54) is 18.3 Å². The van der Waals surface area contributed by atoms with Gasteiger partial charge in [-0.25, -0.2) is 4.98 Å². The van der Waals surface area contributed by atoms with Gasteiger partial charge in [0.25, 0.3) is 5.91 Å². The molecule has 8 nitrogen and oxygen atoms in total. The number of carbonyl (C=O) groups excluding carboxylic acids is 1. The van der Waals surface area contributed by atoms with E-state index in [0.29, 0.717) is 26.3 Å². The van der Waals surface area contributed by atoms with Gasteiger partial charge in [-0.3, -0.25) is 4.79 Å². The van der Waals surface area contributed by atoms with E-state index >= 15 is 0 Å². The number of hydrogen-bond donors (Lipinski definition) is 0. The van der Waals surface area contributed by atoms with Gasteiger partial charge in [0.2, 0.25) is 11.7 Å². The van der Waals surface area contributed by atoms with E-state index in [4.69, 9.17) is 9.47 Å². The van der Waals surface area contributed by atoms with E-state index in [1.807, 2.05) is 0 Å². The molecule has 0 saturated carbocycles. The van der Waals surface area contributed by atoms with Crippen molar-refractivity contribution in [2.45, 2.75) is 6.18 Å². The molecular formula is C14H13F3N4O4. The molecule has 0 radical (unpaired) electrons. The summed E-state index contributed by atoms with van der Waals surface area (Å²) in [5.74, 6) is -1.85. The van der Waals surface area contributed by atoms with Crippen LogP contribution in [0.15, 0.2) is 22.9 Å². The second-order valence-corrected chi connectivity index (χ2v) is 5.09. The van der Waals surface area contributed by atoms with Gasteiger partial charge in [-0.1, -0.05) is 5.16 Å². The maximum absolute atomic E-state index is 12.5. The lowest BCUT2D eigenvalue weighted by atomic mass is 10.2. The van der Waals surface area contributed by atoms with Crippen molar-refractivity contribution in [3.8, 4) is 17.3 Å². The minimum Gasteiger partial charge on any atom is -0.468 e. The lowest BCUT2D eigenvalue weighted by molar-refractivity contribution is -0.159. The largest absolute Gasteiger partial charge is 0.471 e. The van der Waals surface area contributed by atoms with Crippen LogP contribution < -0.4 is 4.74 Å². The number of amides is 1. The smallest absolute Gasteiger partial charge is 0.468 e. The average Bonchev–Trinajstić information content (AvgIpc) is 3.11. The van der Waals surface area contributed by atoms with E-state index in [-0.39, 0.29) is 29.8 Å². The number of aromatic nitrogens is 3. The number of nitrogens with zero attached hydrogens (tertiary/aromatic N) is 4. The topological polar surface area (TPSA) is 90.6 Å². The fourth-order valence-corrected chi connectivity index (χ4v) is 2.12. The van der Waals surface area contributed by atoms with Crippen LogP contribution >= 0.6 is 0 Å². The molecule has 3 heterocycles. The zero-order valence-corrected chi connectivity index (χ0v) is 12.8. The highest BCUT2D eigenvalue weighted by Gasteiger charge is 2.38. The number of rotatable bonds is 4. The molecule has 134 valence electrons. The molecule has 0 aromatic carbocycles. The lowest BCUT2D eigenvalue weighted by Crippen LogP contribution is -2.43. The molecule has 2 aromatic rings. The summed E-state index contributed by atoms with van der Waals surface area (Å²) in [5, 5.41) is 3.28. The van der Waals surface area contributed by atoms with Gasteiger partial charge in [-0.15, -0.1) is 0 Å². The van der Waals surface area contributed by atoms with Crippen LogP contribution in [0.2, 0.25) is 0 Å². The quantitative estimate of drug-likeness (QED) is 0.816. The third kappa shape index (κ3) is 4.24. The number of alkyl halides is 3. The van der Waals surface area contributed by atoms with Gasteiger partial charge in [0.05, 0.1) is 13.2 Å². The predicted octanol–water partition coefficient (Wildman–Crippen LogP) is 1.39. The van der Waals surface area contributed by atoms with Crippen LogP contribution in [-0.2, 0) is 15.7 Å². The number of hydrogen-bond acceptors (Lipinski definition) is 7. The Morgan fingerprint density at radius 1 is 1.32 bits per heavy atom. The Kier molecular flexibility index (Phi) is 4.83. The van der Waals surface area contributed by atoms with Gasteiger partial charge in [-0.2, -0.15) is 18.2 Å². The Balaban J connectivity index is 1.65. The molecule has 0 aliphatic carbocycles. The van der Waals surface area contributed by atoms with Crippen LogP contribution in [0.25, 0.3) is 11.4 Å². The van der Waals surface area contributed by atoms with Crippen molar-refractivity contribution in [2.24, 2.45) is 0 Å². The van der Waals surface area contributed by atoms with Crippen LogP contribution in [0.5, 0.6) is 5.88 Å². The molecule has 2 aromatic heterocycles. The first kappa shape index (κ1) is 17.1. The Morgan fingerprint density at radius 3 is 2.76 bits per heavy atom. The molecule has 1 saturated heterocycles. The summed E-state index contributed by atoms with van der Waals surface area (Å²) in [4.78, 5) is 20.8. The molecule has 0 bridgehead atoms. The summed E-state index contributed by atoms with van der Waals surface area (Å²) in [5.41, 5.74) is 0.225. The van der Waals surface area contributed by atoms with Gasteiger partial charge in [0.15, 0.2) is 6.61 Å². The zero-order chi connectivity index (χ0) is 17.9. The van der Waals surface area contributed by atoms with Gasteiger partial charge >= 0.3 is 12.1 Å². The highest BCUT2D eigenvalue weighted by molar-refractivity contribution is 5.77. The first-order chi connectivity index (χ1) is 11.9. The van der Waals surface area contributed by atoms with Crippen molar-refractivity contribution in [1.82, 2.24) is 20.0 Å². The number of carbonyl (C=O) groups is 1. The molecule has 25 heavy (non-hydrogen) atoms. The van der Waals surface area contributed by atoms with Crippen LogP contribution in [0.3, 0.4) is 0 Å². The molecule has 0 atom stereocenters. The Bertz CT molecular complexity index is 744. The number of ether oxygens (including phenoxy) is 2. The molecule has 0 unspecified atom stereocenters. The van der Waals surface area contributed by atoms with Gasteiger partial charge < -0.3 is 18.9 Å². The standard InChI is InChI=1S/C14H13F3N4O4/c15-14(16,17)13-19-12(20-25-13)9-1-2-18-10(7-9)24-8-11(22)21-3-5-23-6-4-21/h1-2,7H,3-6,8H2. The van der Waals surface area contributed by atoms with Crippen molar-refractivity contribution in [3.05, 3.63) is 24.2 Å². The highest BCUT2D eigenvalue weighted by atomic mass is 19.4. The maximum Gasteiger partial charge on any atom is 0.471 e. The van der Waals surface area contributed by atoms with Gasteiger partial charge in [0, 0.05) is 30.9 Å². The van der Waals surface area contributed by atoms with Crippen molar-refractivity contribution in [3.63, 3.8) is 0 Å². The summed E-state index contributed by atoms with van der Waals surface area (Å²) in [6.07, 6.45) is -3.41. The summed E-state index contributed by atoms with van der Waals surface area (Å²) >= 11 is 0. The van der Waals surface area contributed by atoms with E-state index in [0.717, 1.165) is 0 Å². The number of morpholine rings is 1. The van der Waals surface area contributed by atoms with Crippen LogP contribution in [0.4, 0.5) is 13.2 Å². The molecule has 1 fully saturated rings. The molecule has 1 aliphatic rings. The van der Waals surface area contributed by atoms with E-state index < -0.39 is 12.1 Å². The third-order valence-electron chi connectivity index (χ3n) is 3.37. The minimum absolute atomic E-state index is 0.0671. The van der Waals surface area contributed by atoms with Crippen LogP contribution in [0.1, 0.15) is 5.89 Å². The van der Waals surface area contributed by atoms with Gasteiger partial charge in [-0.05, 0) is 6.07 Å². The fourth-order valence-electron chi connectivity index (χ4n) is 2.12. The third-order valence-corrected chi connectivity index (χ3v) is 3.37. The molecule has 1 amide bonds. The maximum atomic E-state index is 12.5. The number of pyridine rings is 1. The highest BCUT2D eigenvalue weighted by Crippen LogP contribution is 2.29. The Labute approximate surface area is 139 Å². The van der Waals surface area contributed by atoms with E-state index in [1.54, 1.807) is 4.90 Å². The molecule has 11 heteroatoms. The van der Waals surface area contributed by atoms with Crippen LogP contribution in [0, 0.1) is 0 Å².